The molecule has 3 aromatic carbocycles. The number of aryl methyl sites for hydroxylation is 2. The number of benzene rings is 3. The number of carbonyl (C=O) groups excluding carboxylic acids is 2. The van der Waals surface area contributed by atoms with Crippen molar-refractivity contribution in [3.63, 3.8) is 0 Å². The van der Waals surface area contributed by atoms with Crippen LogP contribution in [0, 0.1) is 13.8 Å². The Morgan fingerprint density at radius 2 is 1.61 bits per heavy atom. The van der Waals surface area contributed by atoms with Crippen LogP contribution in [-0.2, 0) is 26.2 Å². The average molecular weight is 573 g/mol. The van der Waals surface area contributed by atoms with E-state index < -0.39 is 28.5 Å². The van der Waals surface area contributed by atoms with Gasteiger partial charge in [0.05, 0.1) is 10.6 Å². The fourth-order valence-corrected chi connectivity index (χ4v) is 5.56. The molecule has 0 saturated heterocycles. The highest BCUT2D eigenvalue weighted by atomic mass is 79.9. The molecule has 7 nitrogen and oxygen atoms in total. The molecule has 3 rings (SSSR count). The number of sulfonamides is 1. The predicted molar refractivity (Wildman–Crippen MR) is 145 cm³/mol. The van der Waals surface area contributed by atoms with Gasteiger partial charge in [0.2, 0.25) is 11.8 Å². The normalized spacial score (nSPS) is 12.0. The van der Waals surface area contributed by atoms with Crippen molar-refractivity contribution in [3.05, 3.63) is 94.0 Å². The van der Waals surface area contributed by atoms with Gasteiger partial charge in [-0.1, -0.05) is 58.4 Å². The lowest BCUT2D eigenvalue weighted by Gasteiger charge is -2.32. The summed E-state index contributed by atoms with van der Waals surface area (Å²) in [7, 11) is -2.57. The fourth-order valence-electron chi connectivity index (χ4n) is 3.80. The SMILES string of the molecule is CNC(=O)[C@H](C)N(Cc1ccc(Br)cc1)C(=O)CN(c1cc(C)ccc1C)S(=O)(=O)c1ccccc1. The average Bonchev–Trinajstić information content (AvgIpc) is 2.87. The Morgan fingerprint density at radius 3 is 2.22 bits per heavy atom. The number of nitrogens with one attached hydrogen (secondary N) is 1. The highest BCUT2D eigenvalue weighted by molar-refractivity contribution is 9.10. The van der Waals surface area contributed by atoms with E-state index in [1.54, 1.807) is 38.1 Å². The summed E-state index contributed by atoms with van der Waals surface area (Å²) in [5, 5.41) is 2.58. The molecule has 2 amide bonds. The Kier molecular flexibility index (Phi) is 8.92. The Labute approximate surface area is 221 Å². The molecule has 3 aromatic rings. The minimum atomic E-state index is -4.07. The molecule has 190 valence electrons. The largest absolute Gasteiger partial charge is 0.357 e. The third-order valence-electron chi connectivity index (χ3n) is 5.92. The molecule has 0 aliphatic rings. The first-order valence-corrected chi connectivity index (χ1v) is 13.7. The first-order chi connectivity index (χ1) is 17.0. The van der Waals surface area contributed by atoms with E-state index in [1.165, 1.54) is 24.1 Å². The van der Waals surface area contributed by atoms with E-state index in [0.29, 0.717) is 11.3 Å². The molecular formula is C27H30BrN3O4S. The molecule has 0 aliphatic carbocycles. The molecule has 36 heavy (non-hydrogen) atoms. The number of rotatable bonds is 9. The third kappa shape index (κ3) is 6.33. The number of halogens is 1. The summed E-state index contributed by atoms with van der Waals surface area (Å²) in [5.41, 5.74) is 2.81. The van der Waals surface area contributed by atoms with E-state index in [4.69, 9.17) is 0 Å². The Morgan fingerprint density at radius 1 is 0.972 bits per heavy atom. The van der Waals surface area contributed by atoms with Gasteiger partial charge in [0.15, 0.2) is 0 Å². The molecule has 0 saturated carbocycles. The molecular weight excluding hydrogens is 542 g/mol. The van der Waals surface area contributed by atoms with Crippen molar-refractivity contribution in [1.29, 1.82) is 0 Å². The highest BCUT2D eigenvalue weighted by Crippen LogP contribution is 2.28. The van der Waals surface area contributed by atoms with Crippen LogP contribution in [0.25, 0.3) is 0 Å². The van der Waals surface area contributed by atoms with Crippen molar-refractivity contribution < 1.29 is 18.0 Å². The summed E-state index contributed by atoms with van der Waals surface area (Å²) in [5.74, 6) is -0.834. The van der Waals surface area contributed by atoms with Crippen molar-refractivity contribution in [2.75, 3.05) is 17.9 Å². The number of amides is 2. The summed E-state index contributed by atoms with van der Waals surface area (Å²) in [6.45, 7) is 4.99. The van der Waals surface area contributed by atoms with Gasteiger partial charge in [-0.15, -0.1) is 0 Å². The molecule has 9 heteroatoms. The van der Waals surface area contributed by atoms with Crippen LogP contribution >= 0.6 is 15.9 Å². The Balaban J connectivity index is 2.06. The first-order valence-electron chi connectivity index (χ1n) is 11.4. The van der Waals surface area contributed by atoms with E-state index >= 15 is 0 Å². The predicted octanol–water partition coefficient (Wildman–Crippen LogP) is 4.42. The number of carbonyl (C=O) groups is 2. The van der Waals surface area contributed by atoms with Crippen LogP contribution in [0.15, 0.2) is 82.2 Å². The molecule has 1 atom stereocenters. The second-order valence-electron chi connectivity index (χ2n) is 8.55. The summed E-state index contributed by atoms with van der Waals surface area (Å²) < 4.78 is 29.6. The van der Waals surface area contributed by atoms with Gasteiger partial charge in [-0.25, -0.2) is 8.42 Å². The molecule has 1 N–H and O–H groups in total. The van der Waals surface area contributed by atoms with Crippen LogP contribution < -0.4 is 9.62 Å². The molecule has 0 radical (unpaired) electrons. The van der Waals surface area contributed by atoms with Crippen molar-refractivity contribution in [2.45, 2.75) is 38.3 Å². The zero-order chi connectivity index (χ0) is 26.5. The molecule has 0 spiro atoms. The number of anilines is 1. The lowest BCUT2D eigenvalue weighted by atomic mass is 10.1. The van der Waals surface area contributed by atoms with Crippen molar-refractivity contribution in [1.82, 2.24) is 10.2 Å². The lowest BCUT2D eigenvalue weighted by molar-refractivity contribution is -0.139. The Bertz CT molecular complexity index is 1330. The maximum Gasteiger partial charge on any atom is 0.264 e. The highest BCUT2D eigenvalue weighted by Gasteiger charge is 2.32. The van der Waals surface area contributed by atoms with Gasteiger partial charge in [-0.2, -0.15) is 0 Å². The van der Waals surface area contributed by atoms with Gasteiger partial charge in [0.25, 0.3) is 10.0 Å². The smallest absolute Gasteiger partial charge is 0.264 e. The van der Waals surface area contributed by atoms with Gasteiger partial charge in [-0.3, -0.25) is 13.9 Å². The van der Waals surface area contributed by atoms with Gasteiger partial charge in [0.1, 0.15) is 12.6 Å². The molecule has 0 bridgehead atoms. The van der Waals surface area contributed by atoms with Crippen LogP contribution in [0.2, 0.25) is 0 Å². The quantitative estimate of drug-likeness (QED) is 0.411. The molecule has 0 fully saturated rings. The number of likely N-dealkylation sites (N-methyl/N-ethyl adjacent to an activating group) is 1. The molecule has 0 aromatic heterocycles. The van der Waals surface area contributed by atoms with Gasteiger partial charge >= 0.3 is 0 Å². The summed E-state index contributed by atoms with van der Waals surface area (Å²) in [6.07, 6.45) is 0. The summed E-state index contributed by atoms with van der Waals surface area (Å²) >= 11 is 3.40. The number of nitrogens with zero attached hydrogens (tertiary/aromatic N) is 2. The molecule has 0 unspecified atom stereocenters. The van der Waals surface area contributed by atoms with Crippen molar-refractivity contribution in [2.24, 2.45) is 0 Å². The topological polar surface area (TPSA) is 86.8 Å². The van der Waals surface area contributed by atoms with Crippen molar-refractivity contribution >= 4 is 43.5 Å². The van der Waals surface area contributed by atoms with E-state index in [-0.39, 0.29) is 17.3 Å². The minimum Gasteiger partial charge on any atom is -0.357 e. The standard InChI is InChI=1S/C27H30BrN3O4S/c1-19-10-11-20(2)25(16-19)31(36(34,35)24-8-6-5-7-9-24)18-26(32)30(21(3)27(33)29-4)17-22-12-14-23(28)15-13-22/h5-16,21H,17-18H2,1-4H3,(H,29,33)/t21-/m0/s1. The summed E-state index contributed by atoms with van der Waals surface area (Å²) in [4.78, 5) is 27.8. The van der Waals surface area contributed by atoms with Crippen LogP contribution in [-0.4, -0.2) is 44.8 Å². The van der Waals surface area contributed by atoms with E-state index in [0.717, 1.165) is 19.9 Å². The second kappa shape index (κ2) is 11.7. The van der Waals surface area contributed by atoms with E-state index in [9.17, 15) is 18.0 Å². The number of hydrogen-bond donors (Lipinski definition) is 1. The zero-order valence-electron chi connectivity index (χ0n) is 20.7. The summed E-state index contributed by atoms with van der Waals surface area (Å²) in [6, 6.07) is 20.1. The third-order valence-corrected chi connectivity index (χ3v) is 8.23. The van der Waals surface area contributed by atoms with Gasteiger partial charge < -0.3 is 10.2 Å². The maximum absolute atomic E-state index is 13.8. The van der Waals surface area contributed by atoms with Gasteiger partial charge in [-0.05, 0) is 67.8 Å². The molecule has 0 heterocycles. The maximum atomic E-state index is 13.8. The lowest BCUT2D eigenvalue weighted by Crippen LogP contribution is -2.50. The Hall–Kier alpha value is -3.17. The fraction of sp³-hybridized carbons (Fsp3) is 0.259. The van der Waals surface area contributed by atoms with Gasteiger partial charge in [0, 0.05) is 18.1 Å². The zero-order valence-corrected chi connectivity index (χ0v) is 23.1. The van der Waals surface area contributed by atoms with E-state index in [2.05, 4.69) is 21.2 Å². The van der Waals surface area contributed by atoms with Crippen LogP contribution in [0.5, 0.6) is 0 Å². The van der Waals surface area contributed by atoms with Crippen LogP contribution in [0.3, 0.4) is 0 Å². The van der Waals surface area contributed by atoms with Crippen molar-refractivity contribution in [3.8, 4) is 0 Å². The molecule has 0 aliphatic heterocycles. The minimum absolute atomic E-state index is 0.0810. The second-order valence-corrected chi connectivity index (χ2v) is 11.3. The van der Waals surface area contributed by atoms with Crippen LogP contribution in [0.4, 0.5) is 5.69 Å². The number of hydrogen-bond acceptors (Lipinski definition) is 4. The first kappa shape index (κ1) is 27.4. The van der Waals surface area contributed by atoms with E-state index in [1.807, 2.05) is 43.3 Å². The monoisotopic (exact) mass is 571 g/mol. The van der Waals surface area contributed by atoms with Crippen LogP contribution in [0.1, 0.15) is 23.6 Å².